The molecule has 1 unspecified atom stereocenters. The van der Waals surface area contributed by atoms with Crippen molar-refractivity contribution in [3.63, 3.8) is 0 Å². The van der Waals surface area contributed by atoms with Crippen LogP contribution >= 0.6 is 0 Å². The van der Waals surface area contributed by atoms with E-state index in [-0.39, 0.29) is 6.42 Å². The normalized spacial score (nSPS) is 15.8. The van der Waals surface area contributed by atoms with Gasteiger partial charge in [0.25, 0.3) is 0 Å². The molecule has 0 saturated heterocycles. The Morgan fingerprint density at radius 2 is 2.17 bits per heavy atom. The molecule has 6 heteroatoms. The van der Waals surface area contributed by atoms with Gasteiger partial charge in [0.1, 0.15) is 0 Å². The molecule has 3 nitrogen and oxygen atoms in total. The molecular formula is C6H9F3O3. The molecule has 1 N–H and O–H groups in total. The summed E-state index contributed by atoms with van der Waals surface area (Å²) in [7, 11) is 0. The third kappa shape index (κ3) is 2.98. The average molecular weight is 186 g/mol. The Morgan fingerprint density at radius 1 is 1.67 bits per heavy atom. The fourth-order valence-corrected chi connectivity index (χ4v) is 0.691. The standard InChI is InChI=1S/C6H9F3O3/c1-2-3-6(9,4(7)8)12-5(10)11/h4H,2-3H2,1H3,(H,10,11). The predicted molar refractivity (Wildman–Crippen MR) is 33.9 cm³/mol. The summed E-state index contributed by atoms with van der Waals surface area (Å²) in [6.07, 6.45) is -6.05. The maximum absolute atomic E-state index is 12.8. The van der Waals surface area contributed by atoms with Crippen molar-refractivity contribution in [2.24, 2.45) is 0 Å². The molecule has 0 aromatic carbocycles. The van der Waals surface area contributed by atoms with Gasteiger partial charge in [0.05, 0.1) is 0 Å². The summed E-state index contributed by atoms with van der Waals surface area (Å²) < 4.78 is 40.0. The molecule has 0 aliphatic carbocycles. The van der Waals surface area contributed by atoms with Gasteiger partial charge in [0, 0.05) is 6.42 Å². The molecule has 0 fully saturated rings. The van der Waals surface area contributed by atoms with Gasteiger partial charge in [-0.05, 0) is 6.42 Å². The smallest absolute Gasteiger partial charge is 0.450 e. The molecule has 0 aromatic heterocycles. The van der Waals surface area contributed by atoms with E-state index in [9.17, 15) is 18.0 Å². The summed E-state index contributed by atoms with van der Waals surface area (Å²) in [5.74, 6) is -3.36. The molecule has 0 radical (unpaired) electrons. The second-order valence-electron chi connectivity index (χ2n) is 2.20. The Bertz CT molecular complexity index is 162. The highest BCUT2D eigenvalue weighted by molar-refractivity contribution is 5.57. The Labute approximate surface area is 67.1 Å². The minimum atomic E-state index is -3.45. The van der Waals surface area contributed by atoms with E-state index in [0.717, 1.165) is 0 Å². The minimum absolute atomic E-state index is 0.0775. The molecule has 0 aliphatic heterocycles. The molecule has 0 aromatic rings. The van der Waals surface area contributed by atoms with Crippen molar-refractivity contribution in [3.05, 3.63) is 0 Å². The fraction of sp³-hybridized carbons (Fsp3) is 0.833. The van der Waals surface area contributed by atoms with E-state index in [4.69, 9.17) is 5.11 Å². The molecule has 0 amide bonds. The molecule has 0 rings (SSSR count). The van der Waals surface area contributed by atoms with Crippen LogP contribution in [-0.2, 0) is 4.74 Å². The molecule has 0 saturated carbocycles. The molecule has 0 aliphatic rings. The SMILES string of the molecule is CCCC(F)(OC(=O)O)C(F)F. The van der Waals surface area contributed by atoms with Crippen molar-refractivity contribution >= 4 is 6.16 Å². The van der Waals surface area contributed by atoms with Crippen LogP contribution in [0.5, 0.6) is 0 Å². The number of halogens is 3. The van der Waals surface area contributed by atoms with Gasteiger partial charge in [0.2, 0.25) is 0 Å². The van der Waals surface area contributed by atoms with Crippen LogP contribution in [0.4, 0.5) is 18.0 Å². The quantitative estimate of drug-likeness (QED) is 0.685. The lowest BCUT2D eigenvalue weighted by Crippen LogP contribution is -2.37. The lowest BCUT2D eigenvalue weighted by atomic mass is 10.2. The molecule has 12 heavy (non-hydrogen) atoms. The zero-order valence-electron chi connectivity index (χ0n) is 6.39. The van der Waals surface area contributed by atoms with Crippen molar-refractivity contribution in [2.45, 2.75) is 32.0 Å². The Kier molecular flexibility index (Phi) is 3.85. The highest BCUT2D eigenvalue weighted by atomic mass is 19.3. The first-order valence-electron chi connectivity index (χ1n) is 3.31. The highest BCUT2D eigenvalue weighted by Crippen LogP contribution is 2.27. The van der Waals surface area contributed by atoms with Crippen molar-refractivity contribution < 1.29 is 27.8 Å². The van der Waals surface area contributed by atoms with Gasteiger partial charge < -0.3 is 9.84 Å². The van der Waals surface area contributed by atoms with Gasteiger partial charge in [0.15, 0.2) is 0 Å². The van der Waals surface area contributed by atoms with Gasteiger partial charge >= 0.3 is 18.4 Å². The van der Waals surface area contributed by atoms with Crippen LogP contribution in [-0.4, -0.2) is 23.5 Å². The lowest BCUT2D eigenvalue weighted by molar-refractivity contribution is -0.198. The zero-order valence-corrected chi connectivity index (χ0v) is 6.39. The van der Waals surface area contributed by atoms with Gasteiger partial charge in [-0.1, -0.05) is 6.92 Å². The van der Waals surface area contributed by atoms with Gasteiger partial charge in [-0.3, -0.25) is 0 Å². The third-order valence-corrected chi connectivity index (χ3v) is 1.17. The van der Waals surface area contributed by atoms with Crippen LogP contribution < -0.4 is 0 Å². The zero-order chi connectivity index (χ0) is 9.78. The van der Waals surface area contributed by atoms with Crippen molar-refractivity contribution in [1.82, 2.24) is 0 Å². The number of carbonyl (C=O) groups is 1. The summed E-state index contributed by atoms with van der Waals surface area (Å²) in [5.41, 5.74) is 0. The monoisotopic (exact) mass is 186 g/mol. The largest absolute Gasteiger partial charge is 0.508 e. The van der Waals surface area contributed by atoms with Crippen LogP contribution in [0, 0.1) is 0 Å². The molecule has 72 valence electrons. The number of hydrogen-bond acceptors (Lipinski definition) is 2. The van der Waals surface area contributed by atoms with Crippen molar-refractivity contribution in [2.75, 3.05) is 0 Å². The van der Waals surface area contributed by atoms with Crippen LogP contribution in [0.25, 0.3) is 0 Å². The Hall–Kier alpha value is -0.940. The van der Waals surface area contributed by atoms with Gasteiger partial charge in [-0.2, -0.15) is 4.39 Å². The summed E-state index contributed by atoms with van der Waals surface area (Å²) in [5, 5.41) is 7.93. The van der Waals surface area contributed by atoms with Gasteiger partial charge in [-0.25, -0.2) is 13.6 Å². The molecule has 1 atom stereocenters. The Balaban J connectivity index is 4.28. The van der Waals surface area contributed by atoms with Crippen LogP contribution in [0.15, 0.2) is 0 Å². The first kappa shape index (κ1) is 11.1. The summed E-state index contributed by atoms with van der Waals surface area (Å²) in [6, 6.07) is 0. The maximum Gasteiger partial charge on any atom is 0.508 e. The van der Waals surface area contributed by atoms with Crippen molar-refractivity contribution in [1.29, 1.82) is 0 Å². The van der Waals surface area contributed by atoms with E-state index in [1.807, 2.05) is 0 Å². The number of carboxylic acid groups (broad SMARTS) is 1. The average Bonchev–Trinajstić information content (AvgIpc) is 1.85. The first-order valence-corrected chi connectivity index (χ1v) is 3.31. The summed E-state index contributed by atoms with van der Waals surface area (Å²) in [6.45, 7) is 1.45. The number of rotatable bonds is 4. The minimum Gasteiger partial charge on any atom is -0.450 e. The third-order valence-electron chi connectivity index (χ3n) is 1.17. The van der Waals surface area contributed by atoms with E-state index >= 15 is 0 Å². The second kappa shape index (κ2) is 4.18. The highest BCUT2D eigenvalue weighted by Gasteiger charge is 2.43. The summed E-state index contributed by atoms with van der Waals surface area (Å²) >= 11 is 0. The number of alkyl halides is 3. The van der Waals surface area contributed by atoms with E-state index in [0.29, 0.717) is 0 Å². The van der Waals surface area contributed by atoms with E-state index in [1.165, 1.54) is 6.92 Å². The number of hydrogen-bond donors (Lipinski definition) is 1. The Morgan fingerprint density at radius 3 is 2.42 bits per heavy atom. The molecule has 0 bridgehead atoms. The second-order valence-corrected chi connectivity index (χ2v) is 2.20. The van der Waals surface area contributed by atoms with E-state index in [2.05, 4.69) is 4.74 Å². The topological polar surface area (TPSA) is 46.5 Å². The fourth-order valence-electron chi connectivity index (χ4n) is 0.691. The predicted octanol–water partition coefficient (Wildman–Crippen LogP) is 2.41. The lowest BCUT2D eigenvalue weighted by Gasteiger charge is -2.21. The van der Waals surface area contributed by atoms with E-state index < -0.39 is 24.9 Å². The van der Waals surface area contributed by atoms with Crippen LogP contribution in [0.1, 0.15) is 19.8 Å². The first-order chi connectivity index (χ1) is 5.42. The maximum atomic E-state index is 12.8. The molecular weight excluding hydrogens is 177 g/mol. The molecule has 0 spiro atoms. The van der Waals surface area contributed by atoms with Crippen molar-refractivity contribution in [3.8, 4) is 0 Å². The van der Waals surface area contributed by atoms with Gasteiger partial charge in [-0.15, -0.1) is 0 Å². The van der Waals surface area contributed by atoms with E-state index in [1.54, 1.807) is 0 Å². The van der Waals surface area contributed by atoms with Crippen LogP contribution in [0.2, 0.25) is 0 Å². The molecule has 0 heterocycles. The van der Waals surface area contributed by atoms with Crippen LogP contribution in [0.3, 0.4) is 0 Å². The number of ether oxygens (including phenoxy) is 1. The summed E-state index contributed by atoms with van der Waals surface area (Å²) in [4.78, 5) is 9.80.